The molecule has 0 N–H and O–H groups in total. The van der Waals surface area contributed by atoms with E-state index in [9.17, 15) is 4.39 Å². The lowest BCUT2D eigenvalue weighted by Crippen LogP contribution is -2.49. The summed E-state index contributed by atoms with van der Waals surface area (Å²) in [5, 5.41) is 0. The monoisotopic (exact) mass is 387 g/mol. The van der Waals surface area contributed by atoms with E-state index in [4.69, 9.17) is 9.47 Å². The predicted octanol–water partition coefficient (Wildman–Crippen LogP) is 1.86. The summed E-state index contributed by atoms with van der Waals surface area (Å²) in [7, 11) is 0. The van der Waals surface area contributed by atoms with Gasteiger partial charge in [-0.2, -0.15) is 0 Å². The van der Waals surface area contributed by atoms with Gasteiger partial charge in [0.05, 0.1) is 13.2 Å². The van der Waals surface area contributed by atoms with Crippen molar-refractivity contribution in [2.45, 2.75) is 0 Å². The minimum atomic E-state index is -0.406. The molecule has 8 heteroatoms. The molecular formula is C20H26FN5O2. The average molecular weight is 387 g/mol. The molecule has 7 nitrogen and oxygen atoms in total. The van der Waals surface area contributed by atoms with E-state index in [2.05, 4.69) is 24.7 Å². The zero-order chi connectivity index (χ0) is 19.2. The number of rotatable bonds is 6. The minimum absolute atomic E-state index is 0.167. The largest absolute Gasteiger partial charge is 0.436 e. The van der Waals surface area contributed by atoms with Crippen LogP contribution in [0.5, 0.6) is 11.6 Å². The zero-order valence-corrected chi connectivity index (χ0v) is 16.0. The van der Waals surface area contributed by atoms with Gasteiger partial charge in [-0.3, -0.25) is 9.80 Å². The summed E-state index contributed by atoms with van der Waals surface area (Å²) in [5.74, 6) is 0.927. The van der Waals surface area contributed by atoms with Gasteiger partial charge in [0, 0.05) is 58.4 Å². The van der Waals surface area contributed by atoms with E-state index in [0.29, 0.717) is 5.88 Å². The van der Waals surface area contributed by atoms with Crippen molar-refractivity contribution in [1.82, 2.24) is 19.8 Å². The molecule has 2 saturated heterocycles. The maximum Gasteiger partial charge on any atom is 0.224 e. The summed E-state index contributed by atoms with van der Waals surface area (Å²) in [6.45, 7) is 9.74. The molecule has 2 fully saturated rings. The van der Waals surface area contributed by atoms with Gasteiger partial charge in [0.15, 0.2) is 11.6 Å². The maximum absolute atomic E-state index is 13.8. The second kappa shape index (κ2) is 9.27. The molecular weight excluding hydrogens is 361 g/mol. The van der Waals surface area contributed by atoms with E-state index < -0.39 is 5.82 Å². The topological polar surface area (TPSA) is 54.0 Å². The summed E-state index contributed by atoms with van der Waals surface area (Å²) >= 11 is 0. The average Bonchev–Trinajstić information content (AvgIpc) is 2.75. The van der Waals surface area contributed by atoms with Gasteiger partial charge in [0.25, 0.3) is 0 Å². The van der Waals surface area contributed by atoms with E-state index in [-0.39, 0.29) is 5.75 Å². The summed E-state index contributed by atoms with van der Waals surface area (Å²) in [5.41, 5.74) is 0. The number of ether oxygens (including phenoxy) is 2. The normalized spacial score (nSPS) is 19.0. The van der Waals surface area contributed by atoms with Crippen molar-refractivity contribution < 1.29 is 13.9 Å². The molecule has 2 aliphatic rings. The van der Waals surface area contributed by atoms with Crippen molar-refractivity contribution in [3.63, 3.8) is 0 Å². The fraction of sp³-hybridized carbons (Fsp3) is 0.500. The highest BCUT2D eigenvalue weighted by Crippen LogP contribution is 2.24. The number of halogens is 1. The molecule has 1 aromatic heterocycles. The lowest BCUT2D eigenvalue weighted by atomic mass is 10.3. The third-order valence-electron chi connectivity index (χ3n) is 5.21. The second-order valence-electron chi connectivity index (χ2n) is 7.03. The van der Waals surface area contributed by atoms with Crippen LogP contribution in [-0.2, 0) is 4.74 Å². The molecule has 4 rings (SSSR count). The first-order valence-corrected chi connectivity index (χ1v) is 9.80. The standard InChI is InChI=1S/C20H26FN5O2/c21-17-3-1-2-4-18(17)28-20-15-19(22-16-23-20)26-9-7-24(8-10-26)5-6-25-11-13-27-14-12-25/h1-4,15-16H,5-14H2. The Bertz CT molecular complexity index is 764. The molecule has 0 spiro atoms. The van der Waals surface area contributed by atoms with Crippen molar-refractivity contribution in [2.24, 2.45) is 0 Å². The van der Waals surface area contributed by atoms with Crippen LogP contribution >= 0.6 is 0 Å². The first-order chi connectivity index (χ1) is 13.8. The molecule has 0 unspecified atom stereocenters. The van der Waals surface area contributed by atoms with Gasteiger partial charge in [0.1, 0.15) is 12.1 Å². The Hall–Kier alpha value is -2.29. The van der Waals surface area contributed by atoms with Gasteiger partial charge in [-0.1, -0.05) is 12.1 Å². The molecule has 0 aliphatic carbocycles. The van der Waals surface area contributed by atoms with Crippen molar-refractivity contribution in [2.75, 3.05) is 70.5 Å². The Morgan fingerprint density at radius 2 is 1.64 bits per heavy atom. The Morgan fingerprint density at radius 3 is 2.39 bits per heavy atom. The number of piperazine rings is 1. The number of nitrogens with zero attached hydrogens (tertiary/aromatic N) is 5. The van der Waals surface area contributed by atoms with E-state index >= 15 is 0 Å². The molecule has 3 heterocycles. The summed E-state index contributed by atoms with van der Waals surface area (Å²) in [6.07, 6.45) is 1.47. The fourth-order valence-electron chi connectivity index (χ4n) is 3.51. The molecule has 0 amide bonds. The molecule has 0 saturated carbocycles. The van der Waals surface area contributed by atoms with Crippen molar-refractivity contribution in [1.29, 1.82) is 0 Å². The third kappa shape index (κ3) is 4.95. The zero-order valence-electron chi connectivity index (χ0n) is 16.0. The van der Waals surface area contributed by atoms with E-state index in [1.54, 1.807) is 24.3 Å². The summed E-state index contributed by atoms with van der Waals surface area (Å²) in [4.78, 5) is 15.7. The number of aromatic nitrogens is 2. The molecule has 2 aliphatic heterocycles. The molecule has 1 aromatic carbocycles. The van der Waals surface area contributed by atoms with Gasteiger partial charge in [-0.05, 0) is 12.1 Å². The fourth-order valence-corrected chi connectivity index (χ4v) is 3.51. The number of hydrogen-bond donors (Lipinski definition) is 0. The second-order valence-corrected chi connectivity index (χ2v) is 7.03. The Balaban J connectivity index is 1.29. The highest BCUT2D eigenvalue weighted by Gasteiger charge is 2.20. The van der Waals surface area contributed by atoms with E-state index in [1.165, 1.54) is 12.4 Å². The Morgan fingerprint density at radius 1 is 0.929 bits per heavy atom. The van der Waals surface area contributed by atoms with Crippen LogP contribution in [0.25, 0.3) is 0 Å². The molecule has 0 radical (unpaired) electrons. The Labute approximate surface area is 164 Å². The number of benzene rings is 1. The first kappa shape index (κ1) is 19.0. The van der Waals surface area contributed by atoms with Gasteiger partial charge < -0.3 is 14.4 Å². The highest BCUT2D eigenvalue weighted by molar-refractivity contribution is 5.42. The lowest BCUT2D eigenvalue weighted by molar-refractivity contribution is 0.0331. The number of para-hydroxylation sites is 1. The van der Waals surface area contributed by atoms with E-state index in [0.717, 1.165) is 71.4 Å². The Kier molecular flexibility index (Phi) is 6.31. The van der Waals surface area contributed by atoms with Crippen LogP contribution in [0.3, 0.4) is 0 Å². The van der Waals surface area contributed by atoms with Gasteiger partial charge in [-0.15, -0.1) is 0 Å². The smallest absolute Gasteiger partial charge is 0.224 e. The molecule has 28 heavy (non-hydrogen) atoms. The summed E-state index contributed by atoms with van der Waals surface area (Å²) in [6, 6.07) is 8.09. The molecule has 2 aromatic rings. The maximum atomic E-state index is 13.8. The third-order valence-corrected chi connectivity index (χ3v) is 5.21. The SMILES string of the molecule is Fc1ccccc1Oc1cc(N2CCN(CCN3CCOCC3)CC2)ncn1. The molecule has 0 bridgehead atoms. The van der Waals surface area contributed by atoms with E-state index in [1.807, 2.05) is 0 Å². The highest BCUT2D eigenvalue weighted by atomic mass is 19.1. The molecule has 150 valence electrons. The van der Waals surface area contributed by atoms with Crippen LogP contribution in [0.1, 0.15) is 0 Å². The van der Waals surface area contributed by atoms with Crippen LogP contribution in [0.15, 0.2) is 36.7 Å². The van der Waals surface area contributed by atoms with Gasteiger partial charge in [-0.25, -0.2) is 14.4 Å². The molecule has 0 atom stereocenters. The van der Waals surface area contributed by atoms with Crippen LogP contribution in [0, 0.1) is 5.82 Å². The predicted molar refractivity (Wildman–Crippen MR) is 104 cm³/mol. The van der Waals surface area contributed by atoms with Crippen molar-refractivity contribution in [3.8, 4) is 11.6 Å². The van der Waals surface area contributed by atoms with Crippen LogP contribution < -0.4 is 9.64 Å². The van der Waals surface area contributed by atoms with Crippen molar-refractivity contribution in [3.05, 3.63) is 42.5 Å². The van der Waals surface area contributed by atoms with Crippen LogP contribution in [0.2, 0.25) is 0 Å². The minimum Gasteiger partial charge on any atom is -0.436 e. The number of hydrogen-bond acceptors (Lipinski definition) is 7. The van der Waals surface area contributed by atoms with Gasteiger partial charge >= 0.3 is 0 Å². The van der Waals surface area contributed by atoms with Crippen LogP contribution in [-0.4, -0.2) is 85.3 Å². The number of anilines is 1. The van der Waals surface area contributed by atoms with Crippen molar-refractivity contribution >= 4 is 5.82 Å². The quantitative estimate of drug-likeness (QED) is 0.750. The first-order valence-electron chi connectivity index (χ1n) is 9.80. The van der Waals surface area contributed by atoms with Crippen LogP contribution in [0.4, 0.5) is 10.2 Å². The number of morpholine rings is 1. The summed E-state index contributed by atoms with van der Waals surface area (Å²) < 4.78 is 24.8. The van der Waals surface area contributed by atoms with Gasteiger partial charge in [0.2, 0.25) is 5.88 Å². The lowest BCUT2D eigenvalue weighted by Gasteiger charge is -2.36.